The van der Waals surface area contributed by atoms with Gasteiger partial charge >= 0.3 is 12.1 Å². The van der Waals surface area contributed by atoms with Gasteiger partial charge in [0, 0.05) is 6.92 Å². The molecule has 0 aromatic heterocycles. The van der Waals surface area contributed by atoms with Crippen LogP contribution in [0.2, 0.25) is 0 Å². The molecule has 0 atom stereocenters. The Morgan fingerprint density at radius 2 is 2.00 bits per heavy atom. The second-order valence-electron chi connectivity index (χ2n) is 2.74. The average molecular weight is 220 g/mol. The maximum atomic E-state index is 12.4. The Labute approximate surface area is 83.1 Å². The van der Waals surface area contributed by atoms with Gasteiger partial charge in [0.25, 0.3) is 0 Å². The molecule has 15 heavy (non-hydrogen) atoms. The summed E-state index contributed by atoms with van der Waals surface area (Å²) in [5.41, 5.74) is -1.35. The molecule has 1 N–H and O–H groups in total. The number of hydrogen-bond donors (Lipinski definition) is 1. The molecule has 82 valence electrons. The van der Waals surface area contributed by atoms with Crippen molar-refractivity contribution in [3.63, 3.8) is 0 Å². The molecule has 0 fully saturated rings. The summed E-state index contributed by atoms with van der Waals surface area (Å²) in [7, 11) is 0. The zero-order valence-electron chi connectivity index (χ0n) is 7.63. The largest absolute Gasteiger partial charge is 0.507 e. The van der Waals surface area contributed by atoms with E-state index >= 15 is 0 Å². The zero-order valence-corrected chi connectivity index (χ0v) is 7.63. The Morgan fingerprint density at radius 1 is 1.40 bits per heavy atom. The molecule has 0 spiro atoms. The second-order valence-corrected chi connectivity index (χ2v) is 2.74. The summed E-state index contributed by atoms with van der Waals surface area (Å²) < 4.78 is 41.6. The minimum Gasteiger partial charge on any atom is -0.507 e. The second kappa shape index (κ2) is 3.80. The van der Waals surface area contributed by atoms with Crippen LogP contribution < -0.4 is 4.74 Å². The van der Waals surface area contributed by atoms with Crippen molar-refractivity contribution in [2.24, 2.45) is 0 Å². The molecule has 0 aliphatic rings. The highest BCUT2D eigenvalue weighted by Gasteiger charge is 2.38. The highest BCUT2D eigenvalue weighted by atomic mass is 19.4. The van der Waals surface area contributed by atoms with Crippen LogP contribution in [-0.4, -0.2) is 11.1 Å². The Kier molecular flexibility index (Phi) is 2.88. The van der Waals surface area contributed by atoms with Gasteiger partial charge in [-0.1, -0.05) is 6.07 Å². The Balaban J connectivity index is 3.27. The van der Waals surface area contributed by atoms with Crippen LogP contribution in [0.15, 0.2) is 18.2 Å². The molecule has 0 radical (unpaired) electrons. The predicted octanol–water partition coefficient (Wildman–Crippen LogP) is 2.34. The molecular formula is C9H7F3O3. The van der Waals surface area contributed by atoms with Crippen LogP contribution in [0.25, 0.3) is 0 Å². The van der Waals surface area contributed by atoms with Crippen LogP contribution in [0, 0.1) is 0 Å². The van der Waals surface area contributed by atoms with E-state index in [9.17, 15) is 18.0 Å². The first-order valence-electron chi connectivity index (χ1n) is 3.90. The minimum atomic E-state index is -4.77. The van der Waals surface area contributed by atoms with Crippen molar-refractivity contribution < 1.29 is 27.8 Å². The highest BCUT2D eigenvalue weighted by molar-refractivity contribution is 5.70. The monoisotopic (exact) mass is 220 g/mol. The maximum Gasteiger partial charge on any atom is 0.423 e. The summed E-state index contributed by atoms with van der Waals surface area (Å²) >= 11 is 0. The fourth-order valence-electron chi connectivity index (χ4n) is 1.04. The van der Waals surface area contributed by atoms with E-state index < -0.39 is 29.2 Å². The van der Waals surface area contributed by atoms with Crippen molar-refractivity contribution in [1.82, 2.24) is 0 Å². The normalized spacial score (nSPS) is 11.2. The number of phenolic OH excluding ortho intramolecular Hbond substituents is 1. The SMILES string of the molecule is CC(=O)Oc1cccc(O)c1C(F)(F)F. The first-order chi connectivity index (χ1) is 6.82. The van der Waals surface area contributed by atoms with E-state index in [4.69, 9.17) is 5.11 Å². The first kappa shape index (κ1) is 11.4. The number of carbonyl (C=O) groups is 1. The summed E-state index contributed by atoms with van der Waals surface area (Å²) in [5, 5.41) is 9.03. The van der Waals surface area contributed by atoms with Crippen molar-refractivity contribution in [3.05, 3.63) is 23.8 Å². The van der Waals surface area contributed by atoms with Crippen LogP contribution in [0.5, 0.6) is 11.5 Å². The fourth-order valence-corrected chi connectivity index (χ4v) is 1.04. The number of benzene rings is 1. The van der Waals surface area contributed by atoms with E-state index in [1.807, 2.05) is 0 Å². The van der Waals surface area contributed by atoms with E-state index in [1.54, 1.807) is 0 Å². The van der Waals surface area contributed by atoms with E-state index in [0.29, 0.717) is 0 Å². The average Bonchev–Trinajstić information content (AvgIpc) is 1.99. The van der Waals surface area contributed by atoms with Gasteiger partial charge in [0.2, 0.25) is 0 Å². The molecule has 1 rings (SSSR count). The van der Waals surface area contributed by atoms with Gasteiger partial charge in [0.05, 0.1) is 0 Å². The van der Waals surface area contributed by atoms with E-state index in [1.165, 1.54) is 0 Å². The Hall–Kier alpha value is -1.72. The van der Waals surface area contributed by atoms with Gasteiger partial charge in [-0.25, -0.2) is 0 Å². The molecule has 1 aromatic carbocycles. The number of alkyl halides is 3. The predicted molar refractivity (Wildman–Crippen MR) is 44.4 cm³/mol. The Bertz CT molecular complexity index is 385. The smallest absolute Gasteiger partial charge is 0.423 e. The standard InChI is InChI=1S/C9H7F3O3/c1-5(13)15-7-4-2-3-6(14)8(7)9(10,11)12/h2-4,14H,1H3. The van der Waals surface area contributed by atoms with Gasteiger partial charge in [0.15, 0.2) is 0 Å². The van der Waals surface area contributed by atoms with E-state index in [2.05, 4.69) is 4.74 Å². The van der Waals surface area contributed by atoms with Crippen molar-refractivity contribution in [2.45, 2.75) is 13.1 Å². The molecule has 0 amide bonds. The third-order valence-corrected chi connectivity index (χ3v) is 1.54. The van der Waals surface area contributed by atoms with Gasteiger partial charge in [-0.05, 0) is 12.1 Å². The number of aromatic hydroxyl groups is 1. The molecule has 0 bridgehead atoms. The lowest BCUT2D eigenvalue weighted by atomic mass is 10.1. The van der Waals surface area contributed by atoms with Crippen LogP contribution in [0.4, 0.5) is 13.2 Å². The first-order valence-corrected chi connectivity index (χ1v) is 3.90. The number of ether oxygens (including phenoxy) is 1. The number of phenols is 1. The summed E-state index contributed by atoms with van der Waals surface area (Å²) in [6.45, 7) is 0.976. The van der Waals surface area contributed by atoms with Gasteiger partial charge in [-0.15, -0.1) is 0 Å². The highest BCUT2D eigenvalue weighted by Crippen LogP contribution is 2.41. The van der Waals surface area contributed by atoms with Gasteiger partial charge in [-0.3, -0.25) is 4.79 Å². The molecule has 3 nitrogen and oxygen atoms in total. The molecular weight excluding hydrogens is 213 g/mol. The molecule has 0 saturated heterocycles. The van der Waals surface area contributed by atoms with Crippen molar-refractivity contribution in [3.8, 4) is 11.5 Å². The Morgan fingerprint density at radius 3 is 2.47 bits per heavy atom. The van der Waals surface area contributed by atoms with E-state index in [-0.39, 0.29) is 0 Å². The van der Waals surface area contributed by atoms with Crippen LogP contribution in [0.3, 0.4) is 0 Å². The number of carbonyl (C=O) groups excluding carboxylic acids is 1. The fraction of sp³-hybridized carbons (Fsp3) is 0.222. The summed E-state index contributed by atoms with van der Waals surface area (Å²) in [4.78, 5) is 10.5. The number of esters is 1. The zero-order chi connectivity index (χ0) is 11.6. The summed E-state index contributed by atoms with van der Waals surface area (Å²) in [6.07, 6.45) is -4.77. The van der Waals surface area contributed by atoms with Crippen molar-refractivity contribution in [2.75, 3.05) is 0 Å². The van der Waals surface area contributed by atoms with Crippen LogP contribution >= 0.6 is 0 Å². The minimum absolute atomic E-state index is 0.699. The third kappa shape index (κ3) is 2.61. The summed E-state index contributed by atoms with van der Waals surface area (Å²) in [6, 6.07) is 2.99. The third-order valence-electron chi connectivity index (χ3n) is 1.54. The molecule has 0 saturated carbocycles. The molecule has 0 aliphatic heterocycles. The van der Waals surface area contributed by atoms with Crippen LogP contribution in [0.1, 0.15) is 12.5 Å². The number of rotatable bonds is 1. The van der Waals surface area contributed by atoms with Gasteiger partial charge in [-0.2, -0.15) is 13.2 Å². The lowest BCUT2D eigenvalue weighted by Crippen LogP contribution is -2.11. The van der Waals surface area contributed by atoms with Gasteiger partial charge in [0.1, 0.15) is 17.1 Å². The topological polar surface area (TPSA) is 46.5 Å². The molecule has 0 heterocycles. The van der Waals surface area contributed by atoms with E-state index in [0.717, 1.165) is 25.1 Å². The lowest BCUT2D eigenvalue weighted by Gasteiger charge is -2.12. The summed E-state index contributed by atoms with van der Waals surface area (Å²) in [5.74, 6) is -2.55. The number of halogens is 3. The number of hydrogen-bond acceptors (Lipinski definition) is 3. The van der Waals surface area contributed by atoms with Crippen molar-refractivity contribution in [1.29, 1.82) is 0 Å². The van der Waals surface area contributed by atoms with Crippen LogP contribution in [-0.2, 0) is 11.0 Å². The molecule has 0 unspecified atom stereocenters. The van der Waals surface area contributed by atoms with Gasteiger partial charge < -0.3 is 9.84 Å². The molecule has 0 aliphatic carbocycles. The quantitative estimate of drug-likeness (QED) is 0.583. The lowest BCUT2D eigenvalue weighted by molar-refractivity contribution is -0.142. The molecule has 6 heteroatoms. The maximum absolute atomic E-state index is 12.4. The van der Waals surface area contributed by atoms with Crippen molar-refractivity contribution >= 4 is 5.97 Å². The molecule has 1 aromatic rings.